The summed E-state index contributed by atoms with van der Waals surface area (Å²) in [4.78, 5) is 17.1. The van der Waals surface area contributed by atoms with Gasteiger partial charge in [0.2, 0.25) is 10.0 Å². The van der Waals surface area contributed by atoms with Gasteiger partial charge < -0.3 is 11.1 Å². The molecule has 2 aromatic heterocycles. The highest BCUT2D eigenvalue weighted by Crippen LogP contribution is 2.37. The number of sulfonamides is 1. The van der Waals surface area contributed by atoms with E-state index in [-0.39, 0.29) is 5.91 Å². The van der Waals surface area contributed by atoms with Crippen LogP contribution in [0.2, 0.25) is 0 Å². The Morgan fingerprint density at radius 1 is 1.18 bits per heavy atom. The largest absolute Gasteiger partial charge is 0.383 e. The molecule has 9 heteroatoms. The van der Waals surface area contributed by atoms with Gasteiger partial charge in [0.05, 0.1) is 15.0 Å². The highest BCUT2D eigenvalue weighted by Gasteiger charge is 2.28. The Balaban J connectivity index is 1.98. The number of nitrogens with zero attached hydrogens (tertiary/aromatic N) is 1. The number of carbonyl (C=O) groups is 1. The van der Waals surface area contributed by atoms with Gasteiger partial charge in [-0.2, -0.15) is 0 Å². The summed E-state index contributed by atoms with van der Waals surface area (Å²) >= 11 is 1.44. The molecular formula is C19H22N4O3S2. The fourth-order valence-corrected chi connectivity index (χ4v) is 4.43. The Bertz CT molecular complexity index is 1140. The van der Waals surface area contributed by atoms with Crippen molar-refractivity contribution in [2.24, 2.45) is 0 Å². The number of nitrogen functional groups attached to an aromatic ring is 1. The average molecular weight is 419 g/mol. The number of thiophene rings is 1. The maximum absolute atomic E-state index is 12.3. The monoisotopic (exact) mass is 418 g/mol. The summed E-state index contributed by atoms with van der Waals surface area (Å²) in [6, 6.07) is 8.97. The summed E-state index contributed by atoms with van der Waals surface area (Å²) in [5.41, 5.74) is 7.83. The number of benzene rings is 1. The van der Waals surface area contributed by atoms with Crippen molar-refractivity contribution < 1.29 is 13.2 Å². The maximum atomic E-state index is 12.3. The Morgan fingerprint density at radius 2 is 1.82 bits per heavy atom. The molecule has 148 valence electrons. The zero-order valence-corrected chi connectivity index (χ0v) is 17.7. The van der Waals surface area contributed by atoms with Gasteiger partial charge in [-0.25, -0.2) is 13.4 Å². The van der Waals surface area contributed by atoms with Crippen molar-refractivity contribution in [3.8, 4) is 10.4 Å². The summed E-state index contributed by atoms with van der Waals surface area (Å²) in [6.45, 7) is 4.93. The van der Waals surface area contributed by atoms with Crippen molar-refractivity contribution in [2.45, 2.75) is 25.5 Å². The summed E-state index contributed by atoms with van der Waals surface area (Å²) in [7, 11) is -1.92. The number of carbonyl (C=O) groups excluding carboxylic acids is 1. The second kappa shape index (κ2) is 7.06. The minimum atomic E-state index is -3.49. The summed E-state index contributed by atoms with van der Waals surface area (Å²) in [5, 5.41) is 3.33. The van der Waals surface area contributed by atoms with Crippen LogP contribution in [0.5, 0.6) is 0 Å². The number of nitrogens with one attached hydrogen (secondary N) is 2. The molecule has 0 bridgehead atoms. The molecule has 7 nitrogen and oxygen atoms in total. The first kappa shape index (κ1) is 20.1. The number of aromatic nitrogens is 1. The first-order valence-electron chi connectivity index (χ1n) is 8.56. The van der Waals surface area contributed by atoms with E-state index in [1.807, 2.05) is 18.2 Å². The highest BCUT2D eigenvalue weighted by molar-refractivity contribution is 7.94. The predicted octanol–water partition coefficient (Wildman–Crippen LogP) is 3.45. The van der Waals surface area contributed by atoms with Crippen LogP contribution in [-0.4, -0.2) is 31.1 Å². The average Bonchev–Trinajstić information content (AvgIpc) is 3.07. The number of nitrogens with two attached hydrogens (primary N) is 1. The fourth-order valence-electron chi connectivity index (χ4n) is 2.49. The van der Waals surface area contributed by atoms with E-state index in [9.17, 15) is 13.2 Å². The summed E-state index contributed by atoms with van der Waals surface area (Å²) in [6.07, 6.45) is 1.47. The SMILES string of the molecule is CNC(=O)c1cnc(N)c2cc(-c3ccc(NS(=O)(=O)C(C)(C)C)cc3)sc12. The van der Waals surface area contributed by atoms with E-state index >= 15 is 0 Å². The number of rotatable bonds is 4. The molecule has 0 radical (unpaired) electrons. The third kappa shape index (κ3) is 3.67. The molecule has 4 N–H and O–H groups in total. The molecule has 28 heavy (non-hydrogen) atoms. The molecule has 0 aliphatic heterocycles. The van der Waals surface area contributed by atoms with Crippen LogP contribution in [0.15, 0.2) is 36.5 Å². The number of anilines is 2. The topological polar surface area (TPSA) is 114 Å². The minimum Gasteiger partial charge on any atom is -0.383 e. The first-order valence-corrected chi connectivity index (χ1v) is 10.9. The number of pyridine rings is 1. The third-order valence-corrected chi connectivity index (χ3v) is 7.62. The van der Waals surface area contributed by atoms with Crippen molar-refractivity contribution in [2.75, 3.05) is 17.5 Å². The van der Waals surface area contributed by atoms with Gasteiger partial charge in [0.1, 0.15) is 5.82 Å². The molecule has 0 saturated carbocycles. The number of hydrogen-bond acceptors (Lipinski definition) is 6. The Morgan fingerprint density at radius 3 is 2.39 bits per heavy atom. The molecule has 0 saturated heterocycles. The van der Waals surface area contributed by atoms with Gasteiger partial charge in [0.15, 0.2) is 0 Å². The van der Waals surface area contributed by atoms with E-state index < -0.39 is 14.8 Å². The van der Waals surface area contributed by atoms with Gasteiger partial charge in [-0.1, -0.05) is 12.1 Å². The number of fused-ring (bicyclic) bond motifs is 1. The van der Waals surface area contributed by atoms with E-state index in [1.165, 1.54) is 17.5 Å². The lowest BCUT2D eigenvalue weighted by Crippen LogP contribution is -2.33. The standard InChI is InChI=1S/C19H22N4O3S2/c1-19(2,3)28(25,26)23-12-7-5-11(6-8-12)15-9-13-16(27-15)14(18(24)21-4)10-22-17(13)20/h5-10,23H,1-4H3,(H2,20,22)(H,21,24). The van der Waals surface area contributed by atoms with E-state index in [2.05, 4.69) is 15.0 Å². The van der Waals surface area contributed by atoms with Crippen molar-refractivity contribution >= 4 is 48.9 Å². The van der Waals surface area contributed by atoms with Crippen molar-refractivity contribution in [3.63, 3.8) is 0 Å². The van der Waals surface area contributed by atoms with Gasteiger partial charge in [-0.3, -0.25) is 9.52 Å². The summed E-state index contributed by atoms with van der Waals surface area (Å²) < 4.78 is 27.0. The second-order valence-electron chi connectivity index (χ2n) is 7.28. The van der Waals surface area contributed by atoms with E-state index in [0.717, 1.165) is 20.5 Å². The first-order chi connectivity index (χ1) is 13.0. The molecule has 1 amide bonds. The van der Waals surface area contributed by atoms with Crippen molar-refractivity contribution in [1.82, 2.24) is 10.3 Å². The predicted molar refractivity (Wildman–Crippen MR) is 115 cm³/mol. The Hall–Kier alpha value is -2.65. The molecule has 0 spiro atoms. The zero-order valence-electron chi connectivity index (χ0n) is 16.0. The van der Waals surface area contributed by atoms with E-state index in [0.29, 0.717) is 17.1 Å². The molecule has 0 aliphatic rings. The van der Waals surface area contributed by atoms with E-state index in [4.69, 9.17) is 5.73 Å². The van der Waals surface area contributed by atoms with Crippen LogP contribution in [0.25, 0.3) is 20.5 Å². The van der Waals surface area contributed by atoms with Crippen LogP contribution in [0, 0.1) is 0 Å². The minimum absolute atomic E-state index is 0.224. The smallest absolute Gasteiger partial charge is 0.254 e. The van der Waals surface area contributed by atoms with Crippen molar-refractivity contribution in [3.05, 3.63) is 42.1 Å². The highest BCUT2D eigenvalue weighted by atomic mass is 32.2. The number of hydrogen-bond donors (Lipinski definition) is 3. The van der Waals surface area contributed by atoms with Crippen molar-refractivity contribution in [1.29, 1.82) is 0 Å². The van der Waals surface area contributed by atoms with Crippen LogP contribution in [0.3, 0.4) is 0 Å². The van der Waals surface area contributed by atoms with Gasteiger partial charge in [0, 0.05) is 29.2 Å². The zero-order chi connectivity index (χ0) is 20.7. The van der Waals surface area contributed by atoms with Crippen LogP contribution in [-0.2, 0) is 10.0 Å². The lowest BCUT2D eigenvalue weighted by atomic mass is 10.1. The lowest BCUT2D eigenvalue weighted by Gasteiger charge is -2.20. The molecule has 0 fully saturated rings. The normalized spacial score (nSPS) is 12.1. The van der Waals surface area contributed by atoms with Gasteiger partial charge in [0.25, 0.3) is 5.91 Å². The van der Waals surface area contributed by atoms with Crippen LogP contribution >= 0.6 is 11.3 Å². The maximum Gasteiger partial charge on any atom is 0.254 e. The molecule has 0 aliphatic carbocycles. The molecule has 1 aromatic carbocycles. The molecule has 0 unspecified atom stereocenters. The third-order valence-electron chi connectivity index (χ3n) is 4.28. The van der Waals surface area contributed by atoms with Crippen LogP contribution in [0.1, 0.15) is 31.1 Å². The van der Waals surface area contributed by atoms with Gasteiger partial charge in [-0.05, 0) is 44.5 Å². The quantitative estimate of drug-likeness (QED) is 0.600. The fraction of sp³-hybridized carbons (Fsp3) is 0.263. The molecule has 0 atom stereocenters. The molecule has 2 heterocycles. The summed E-state index contributed by atoms with van der Waals surface area (Å²) in [5.74, 6) is 0.137. The second-order valence-corrected chi connectivity index (χ2v) is 10.8. The van der Waals surface area contributed by atoms with Crippen LogP contribution < -0.4 is 15.8 Å². The van der Waals surface area contributed by atoms with Crippen LogP contribution in [0.4, 0.5) is 11.5 Å². The molecule has 3 rings (SSSR count). The Kier molecular flexibility index (Phi) is 5.07. The molecule has 3 aromatic rings. The van der Waals surface area contributed by atoms with Gasteiger partial charge >= 0.3 is 0 Å². The Labute approximate surface area is 168 Å². The van der Waals surface area contributed by atoms with E-state index in [1.54, 1.807) is 40.0 Å². The molecular weight excluding hydrogens is 396 g/mol. The number of amides is 1. The lowest BCUT2D eigenvalue weighted by molar-refractivity contribution is 0.0964. The van der Waals surface area contributed by atoms with Gasteiger partial charge in [-0.15, -0.1) is 11.3 Å².